The van der Waals surface area contributed by atoms with Crippen molar-refractivity contribution in [3.63, 3.8) is 0 Å². The van der Waals surface area contributed by atoms with Gasteiger partial charge in [0, 0.05) is 36.3 Å². The average Bonchev–Trinajstić information content (AvgIpc) is 2.99. The molecule has 0 aromatic heterocycles. The lowest BCUT2D eigenvalue weighted by atomic mass is 9.99. The number of hydrogen-bond donors (Lipinski definition) is 2. The molecule has 1 aliphatic rings. The second-order valence-electron chi connectivity index (χ2n) is 12.9. The zero-order chi connectivity index (χ0) is 32.0. The maximum Gasteiger partial charge on any atom is 0.254 e. The van der Waals surface area contributed by atoms with Crippen LogP contribution in [0.1, 0.15) is 113 Å². The molecule has 2 N–H and O–H groups in total. The molecule has 2 aromatic rings. The molecular weight excluding hydrogens is 552 g/mol. The van der Waals surface area contributed by atoms with Crippen molar-refractivity contribution in [2.75, 3.05) is 32.7 Å². The summed E-state index contributed by atoms with van der Waals surface area (Å²) in [6.45, 7) is 9.20. The van der Waals surface area contributed by atoms with Crippen molar-refractivity contribution in [3.05, 3.63) is 59.7 Å². The highest BCUT2D eigenvalue weighted by molar-refractivity contribution is 5.99. The molecule has 0 unspecified atom stereocenters. The minimum Gasteiger partial charge on any atom is -0.355 e. The van der Waals surface area contributed by atoms with E-state index < -0.39 is 5.54 Å². The third-order valence-corrected chi connectivity index (χ3v) is 7.77. The Kier molecular flexibility index (Phi) is 13.9. The number of unbranched alkanes of at least 4 members (excludes halogenated alkanes) is 7. The van der Waals surface area contributed by atoms with Crippen LogP contribution in [0.4, 0.5) is 0 Å². The SMILES string of the molecule is CCCCCCCCCCNC(=O)CN1CCCCN(CC(=O)NC(C)(C)C)C(=O)c2cccc(c2)-c2cccc(c2)C1=O. The summed E-state index contributed by atoms with van der Waals surface area (Å²) in [7, 11) is 0. The highest BCUT2D eigenvalue weighted by Crippen LogP contribution is 2.24. The van der Waals surface area contributed by atoms with Crippen molar-refractivity contribution >= 4 is 23.6 Å². The van der Waals surface area contributed by atoms with Gasteiger partial charge in [-0.15, -0.1) is 0 Å². The molecule has 1 heterocycles. The van der Waals surface area contributed by atoms with E-state index in [1.807, 2.05) is 57.2 Å². The van der Waals surface area contributed by atoms with E-state index in [-0.39, 0.29) is 36.7 Å². The number of carbonyl (C=O) groups excluding carboxylic acids is 4. The van der Waals surface area contributed by atoms with Crippen molar-refractivity contribution in [1.82, 2.24) is 20.4 Å². The Balaban J connectivity index is 1.71. The zero-order valence-corrected chi connectivity index (χ0v) is 27.3. The van der Waals surface area contributed by atoms with Gasteiger partial charge in [-0.1, -0.05) is 76.1 Å². The van der Waals surface area contributed by atoms with Crippen molar-refractivity contribution in [1.29, 1.82) is 0 Å². The predicted molar refractivity (Wildman–Crippen MR) is 176 cm³/mol. The first-order valence-electron chi connectivity index (χ1n) is 16.4. The lowest BCUT2D eigenvalue weighted by molar-refractivity contribution is -0.123. The number of carbonyl (C=O) groups is 4. The fourth-order valence-corrected chi connectivity index (χ4v) is 5.49. The first kappa shape index (κ1) is 34.8. The van der Waals surface area contributed by atoms with Crippen molar-refractivity contribution in [2.45, 2.75) is 97.4 Å². The molecule has 0 spiro atoms. The van der Waals surface area contributed by atoms with Crippen LogP contribution in [0.25, 0.3) is 11.1 Å². The molecule has 1 aliphatic heterocycles. The number of nitrogens with one attached hydrogen (secondary N) is 2. The molecule has 8 nitrogen and oxygen atoms in total. The summed E-state index contributed by atoms with van der Waals surface area (Å²) >= 11 is 0. The maximum absolute atomic E-state index is 13.7. The van der Waals surface area contributed by atoms with Gasteiger partial charge in [0.2, 0.25) is 11.8 Å². The smallest absolute Gasteiger partial charge is 0.254 e. The number of rotatable bonds is 13. The van der Waals surface area contributed by atoms with E-state index in [1.165, 1.54) is 38.5 Å². The molecule has 0 saturated heterocycles. The van der Waals surface area contributed by atoms with Crippen LogP contribution in [0.15, 0.2) is 48.5 Å². The molecule has 4 amide bonds. The van der Waals surface area contributed by atoms with Crippen LogP contribution in [-0.4, -0.2) is 71.7 Å². The van der Waals surface area contributed by atoms with E-state index in [1.54, 1.807) is 21.9 Å². The van der Waals surface area contributed by atoms with Crippen LogP contribution in [0, 0.1) is 0 Å². The summed E-state index contributed by atoms with van der Waals surface area (Å²) in [4.78, 5) is 56.2. The highest BCUT2D eigenvalue weighted by Gasteiger charge is 2.24. The van der Waals surface area contributed by atoms with Crippen LogP contribution in [0.2, 0.25) is 0 Å². The van der Waals surface area contributed by atoms with Gasteiger partial charge in [-0.3, -0.25) is 19.2 Å². The molecule has 3 rings (SSSR count). The van der Waals surface area contributed by atoms with E-state index in [0.717, 1.165) is 24.0 Å². The third kappa shape index (κ3) is 11.8. The maximum atomic E-state index is 13.7. The molecule has 240 valence electrons. The fraction of sp³-hybridized carbons (Fsp3) is 0.556. The predicted octanol–water partition coefficient (Wildman–Crippen LogP) is 6.20. The van der Waals surface area contributed by atoms with Crippen LogP contribution in [0.3, 0.4) is 0 Å². The Morgan fingerprint density at radius 1 is 0.682 bits per heavy atom. The Morgan fingerprint density at radius 2 is 1.14 bits per heavy atom. The van der Waals surface area contributed by atoms with E-state index in [9.17, 15) is 19.2 Å². The Bertz CT molecular complexity index is 1250. The van der Waals surface area contributed by atoms with Crippen molar-refractivity contribution < 1.29 is 19.2 Å². The highest BCUT2D eigenvalue weighted by atomic mass is 16.2. The van der Waals surface area contributed by atoms with E-state index in [4.69, 9.17) is 0 Å². The topological polar surface area (TPSA) is 98.8 Å². The lowest BCUT2D eigenvalue weighted by Gasteiger charge is -2.27. The Morgan fingerprint density at radius 3 is 1.64 bits per heavy atom. The summed E-state index contributed by atoms with van der Waals surface area (Å²) in [6.07, 6.45) is 10.7. The summed E-state index contributed by atoms with van der Waals surface area (Å²) < 4.78 is 0. The quantitative estimate of drug-likeness (QED) is 0.266. The third-order valence-electron chi connectivity index (χ3n) is 7.77. The van der Waals surface area contributed by atoms with Gasteiger partial charge in [0.15, 0.2) is 0 Å². The van der Waals surface area contributed by atoms with Crippen LogP contribution in [-0.2, 0) is 9.59 Å². The number of fused-ring (bicyclic) bond motifs is 5. The minimum atomic E-state index is -0.413. The molecule has 8 heteroatoms. The average molecular weight is 605 g/mol. The number of hydrogen-bond acceptors (Lipinski definition) is 4. The van der Waals surface area contributed by atoms with Crippen LogP contribution < -0.4 is 10.6 Å². The van der Waals surface area contributed by atoms with E-state index in [0.29, 0.717) is 43.6 Å². The van der Waals surface area contributed by atoms with Crippen LogP contribution in [0.5, 0.6) is 0 Å². The molecular formula is C36H52N4O4. The number of nitrogens with zero attached hydrogens (tertiary/aromatic N) is 2. The molecule has 0 saturated carbocycles. The van der Waals surface area contributed by atoms with Gasteiger partial charge < -0.3 is 20.4 Å². The summed E-state index contributed by atoms with van der Waals surface area (Å²) in [5, 5.41) is 5.94. The van der Waals surface area contributed by atoms with Gasteiger partial charge >= 0.3 is 0 Å². The van der Waals surface area contributed by atoms with Crippen molar-refractivity contribution in [2.24, 2.45) is 0 Å². The summed E-state index contributed by atoms with van der Waals surface area (Å²) in [6, 6.07) is 14.6. The van der Waals surface area contributed by atoms with Gasteiger partial charge in [0.25, 0.3) is 11.8 Å². The Hall–Kier alpha value is -3.68. The standard InChI is InChI=1S/C36H52N4O4/c1-5-6-7-8-9-10-11-12-21-37-32(41)26-39-22-13-14-23-40(27-33(42)38-36(2,3)4)35(44)31-20-16-18-29(25-31)28-17-15-19-30(24-28)34(39)43/h15-20,24-25H,5-14,21-23,26-27H2,1-4H3,(H,37,41)(H,38,42). The van der Waals surface area contributed by atoms with Crippen LogP contribution >= 0.6 is 0 Å². The summed E-state index contributed by atoms with van der Waals surface area (Å²) in [5.41, 5.74) is 2.20. The zero-order valence-electron chi connectivity index (χ0n) is 27.3. The number of benzene rings is 2. The van der Waals surface area contributed by atoms with Gasteiger partial charge in [-0.05, 0) is 75.4 Å². The second kappa shape index (κ2) is 17.6. The molecule has 0 atom stereocenters. The summed E-state index contributed by atoms with van der Waals surface area (Å²) in [5.74, 6) is -0.792. The largest absolute Gasteiger partial charge is 0.355 e. The number of amides is 4. The van der Waals surface area contributed by atoms with E-state index in [2.05, 4.69) is 17.6 Å². The first-order valence-corrected chi connectivity index (χ1v) is 16.4. The van der Waals surface area contributed by atoms with Gasteiger partial charge in [0.1, 0.15) is 0 Å². The molecule has 0 fully saturated rings. The molecule has 44 heavy (non-hydrogen) atoms. The Labute approximate surface area is 264 Å². The molecule has 4 bridgehead atoms. The van der Waals surface area contributed by atoms with Gasteiger partial charge in [-0.2, -0.15) is 0 Å². The molecule has 2 aromatic carbocycles. The minimum absolute atomic E-state index is 0.0216. The van der Waals surface area contributed by atoms with Gasteiger partial charge in [-0.25, -0.2) is 0 Å². The monoisotopic (exact) mass is 604 g/mol. The molecule has 0 radical (unpaired) electrons. The van der Waals surface area contributed by atoms with E-state index >= 15 is 0 Å². The normalized spacial score (nSPS) is 14.3. The van der Waals surface area contributed by atoms with Crippen molar-refractivity contribution in [3.8, 4) is 11.1 Å². The van der Waals surface area contributed by atoms with Gasteiger partial charge in [0.05, 0.1) is 13.1 Å². The second-order valence-corrected chi connectivity index (χ2v) is 12.9. The lowest BCUT2D eigenvalue weighted by Crippen LogP contribution is -2.47. The molecule has 0 aliphatic carbocycles. The fourth-order valence-electron chi connectivity index (χ4n) is 5.49. The first-order chi connectivity index (χ1) is 21.1.